The number of aliphatic hydroxyl groups excluding tert-OH is 2. The Balaban J connectivity index is 3.54. The van der Waals surface area contributed by atoms with E-state index >= 15 is 0 Å². The summed E-state index contributed by atoms with van der Waals surface area (Å²) in [7, 11) is 0. The molecule has 0 aliphatic heterocycles. The Kier molecular flexibility index (Phi) is 8.83. The second-order valence-electron chi connectivity index (χ2n) is 3.28. The second-order valence-corrected chi connectivity index (χ2v) is 3.28. The molecule has 0 rings (SSSR count). The van der Waals surface area contributed by atoms with Gasteiger partial charge in [-0.15, -0.1) is 0 Å². The monoisotopic (exact) mass is 203 g/mol. The molecule has 0 fully saturated rings. The van der Waals surface area contributed by atoms with Crippen LogP contribution in [0, 0.1) is 0 Å². The molecule has 0 saturated heterocycles. The number of ketones is 1. The first kappa shape index (κ1) is 13.5. The zero-order valence-corrected chi connectivity index (χ0v) is 8.91. The van der Waals surface area contributed by atoms with Gasteiger partial charge in [0.2, 0.25) is 0 Å². The van der Waals surface area contributed by atoms with Crippen molar-refractivity contribution in [1.82, 2.24) is 4.90 Å². The lowest BCUT2D eigenvalue weighted by Crippen LogP contribution is -2.31. The Bertz CT molecular complexity index is 144. The van der Waals surface area contributed by atoms with Crippen LogP contribution in [-0.2, 0) is 4.79 Å². The Morgan fingerprint density at radius 2 is 1.71 bits per heavy atom. The van der Waals surface area contributed by atoms with Crippen LogP contribution in [-0.4, -0.2) is 53.7 Å². The Hall–Kier alpha value is -0.450. The highest BCUT2D eigenvalue weighted by molar-refractivity contribution is 5.77. The molecule has 0 aromatic carbocycles. The van der Waals surface area contributed by atoms with Crippen molar-refractivity contribution in [3.8, 4) is 0 Å². The summed E-state index contributed by atoms with van der Waals surface area (Å²) in [6.07, 6.45) is 2.01. The molecule has 0 atom stereocenters. The number of carbonyl (C=O) groups is 1. The predicted octanol–water partition coefficient (Wildman–Crippen LogP) is 0.0323. The van der Waals surface area contributed by atoms with Gasteiger partial charge in [-0.2, -0.15) is 0 Å². The van der Waals surface area contributed by atoms with Crippen LogP contribution in [0.3, 0.4) is 0 Å². The number of carbonyl (C=O) groups excluding carboxylic acids is 1. The van der Waals surface area contributed by atoms with Crippen molar-refractivity contribution in [2.75, 3.05) is 32.8 Å². The highest BCUT2D eigenvalue weighted by Crippen LogP contribution is 1.98. The Morgan fingerprint density at radius 1 is 1.14 bits per heavy atom. The van der Waals surface area contributed by atoms with E-state index in [-0.39, 0.29) is 19.0 Å². The summed E-state index contributed by atoms with van der Waals surface area (Å²) >= 11 is 0. The Labute approximate surface area is 85.5 Å². The third-order valence-electron chi connectivity index (χ3n) is 2.16. The van der Waals surface area contributed by atoms with Crippen LogP contribution in [0.1, 0.15) is 26.2 Å². The summed E-state index contributed by atoms with van der Waals surface area (Å²) in [6, 6.07) is 0. The van der Waals surface area contributed by atoms with Gasteiger partial charge in [0.05, 0.1) is 13.2 Å². The van der Waals surface area contributed by atoms with E-state index in [1.807, 2.05) is 11.8 Å². The first-order chi connectivity index (χ1) is 6.74. The van der Waals surface area contributed by atoms with Gasteiger partial charge in [-0.05, 0) is 13.0 Å². The van der Waals surface area contributed by atoms with Crippen molar-refractivity contribution in [3.63, 3.8) is 0 Å². The van der Waals surface area contributed by atoms with Crippen molar-refractivity contribution in [2.24, 2.45) is 0 Å². The standard InChI is InChI=1S/C10H21NO3/c1-2-10(14)4-3-5-11(6-8-12)7-9-13/h12-13H,2-9H2,1H3. The fraction of sp³-hybridized carbons (Fsp3) is 0.900. The summed E-state index contributed by atoms with van der Waals surface area (Å²) in [6.45, 7) is 3.97. The zero-order valence-electron chi connectivity index (χ0n) is 8.91. The number of hydrogen-bond donors (Lipinski definition) is 2. The molecular weight excluding hydrogens is 182 g/mol. The van der Waals surface area contributed by atoms with Gasteiger partial charge in [-0.1, -0.05) is 6.92 Å². The van der Waals surface area contributed by atoms with Crippen LogP contribution in [0.4, 0.5) is 0 Å². The van der Waals surface area contributed by atoms with Gasteiger partial charge >= 0.3 is 0 Å². The minimum absolute atomic E-state index is 0.0989. The first-order valence-electron chi connectivity index (χ1n) is 5.20. The SMILES string of the molecule is CCC(=O)CCCN(CCO)CCO. The number of hydrogen-bond acceptors (Lipinski definition) is 4. The maximum atomic E-state index is 11.0. The van der Waals surface area contributed by atoms with Gasteiger partial charge in [-0.25, -0.2) is 0 Å². The number of aliphatic hydroxyl groups is 2. The normalized spacial score (nSPS) is 10.9. The van der Waals surface area contributed by atoms with E-state index in [1.165, 1.54) is 0 Å². The van der Waals surface area contributed by atoms with Crippen molar-refractivity contribution < 1.29 is 15.0 Å². The summed E-state index contributed by atoms with van der Waals surface area (Å²) in [5.74, 6) is 0.276. The molecule has 0 saturated carbocycles. The number of rotatable bonds is 9. The van der Waals surface area contributed by atoms with Crippen LogP contribution in [0.2, 0.25) is 0 Å². The van der Waals surface area contributed by atoms with Crippen LogP contribution in [0.5, 0.6) is 0 Å². The molecule has 0 aliphatic rings. The van der Waals surface area contributed by atoms with E-state index in [0.29, 0.717) is 25.9 Å². The van der Waals surface area contributed by atoms with E-state index in [9.17, 15) is 4.79 Å². The summed E-state index contributed by atoms with van der Waals surface area (Å²) in [4.78, 5) is 13.0. The molecule has 0 aromatic rings. The van der Waals surface area contributed by atoms with Crippen molar-refractivity contribution in [1.29, 1.82) is 0 Å². The topological polar surface area (TPSA) is 60.8 Å². The maximum Gasteiger partial charge on any atom is 0.132 e. The maximum absolute atomic E-state index is 11.0. The van der Waals surface area contributed by atoms with E-state index in [1.54, 1.807) is 0 Å². The fourth-order valence-electron chi connectivity index (χ4n) is 1.29. The molecular formula is C10H21NO3. The van der Waals surface area contributed by atoms with E-state index in [2.05, 4.69) is 0 Å². The molecule has 0 heterocycles. The third-order valence-corrected chi connectivity index (χ3v) is 2.16. The lowest BCUT2D eigenvalue weighted by atomic mass is 10.2. The van der Waals surface area contributed by atoms with Gasteiger partial charge in [0.1, 0.15) is 5.78 Å². The van der Waals surface area contributed by atoms with Gasteiger partial charge in [0, 0.05) is 25.9 Å². The van der Waals surface area contributed by atoms with Crippen LogP contribution >= 0.6 is 0 Å². The lowest BCUT2D eigenvalue weighted by molar-refractivity contribution is -0.118. The van der Waals surface area contributed by atoms with Crippen molar-refractivity contribution in [2.45, 2.75) is 26.2 Å². The Morgan fingerprint density at radius 3 is 2.14 bits per heavy atom. The van der Waals surface area contributed by atoms with Gasteiger partial charge in [0.15, 0.2) is 0 Å². The first-order valence-corrected chi connectivity index (χ1v) is 5.20. The fourth-order valence-corrected chi connectivity index (χ4v) is 1.29. The number of nitrogens with zero attached hydrogens (tertiary/aromatic N) is 1. The second kappa shape index (κ2) is 9.12. The van der Waals surface area contributed by atoms with Gasteiger partial charge < -0.3 is 10.2 Å². The highest BCUT2D eigenvalue weighted by Gasteiger charge is 2.04. The minimum atomic E-state index is 0.0989. The lowest BCUT2D eigenvalue weighted by Gasteiger charge is -2.19. The van der Waals surface area contributed by atoms with Gasteiger partial charge in [0.25, 0.3) is 0 Å². The average Bonchev–Trinajstić information content (AvgIpc) is 2.18. The molecule has 0 aliphatic carbocycles. The van der Waals surface area contributed by atoms with E-state index in [4.69, 9.17) is 10.2 Å². The quantitative estimate of drug-likeness (QED) is 0.555. The molecule has 84 valence electrons. The molecule has 0 amide bonds. The van der Waals surface area contributed by atoms with Crippen molar-refractivity contribution in [3.05, 3.63) is 0 Å². The molecule has 4 heteroatoms. The van der Waals surface area contributed by atoms with Crippen LogP contribution in [0.25, 0.3) is 0 Å². The van der Waals surface area contributed by atoms with Crippen LogP contribution in [0.15, 0.2) is 0 Å². The van der Waals surface area contributed by atoms with E-state index in [0.717, 1.165) is 13.0 Å². The molecule has 4 nitrogen and oxygen atoms in total. The molecule has 0 spiro atoms. The largest absolute Gasteiger partial charge is 0.395 e. The number of Topliss-reactive ketones (excluding diaryl/α,β-unsaturated/α-hetero) is 1. The molecule has 0 bridgehead atoms. The van der Waals surface area contributed by atoms with E-state index < -0.39 is 0 Å². The minimum Gasteiger partial charge on any atom is -0.395 e. The zero-order chi connectivity index (χ0) is 10.8. The smallest absolute Gasteiger partial charge is 0.132 e. The average molecular weight is 203 g/mol. The summed E-state index contributed by atoms with van der Waals surface area (Å²) in [5.41, 5.74) is 0. The molecule has 0 unspecified atom stereocenters. The van der Waals surface area contributed by atoms with Crippen molar-refractivity contribution >= 4 is 5.78 Å². The molecule has 14 heavy (non-hydrogen) atoms. The predicted molar refractivity (Wildman–Crippen MR) is 55.1 cm³/mol. The summed E-state index contributed by atoms with van der Waals surface area (Å²) < 4.78 is 0. The molecule has 2 N–H and O–H groups in total. The summed E-state index contributed by atoms with van der Waals surface area (Å²) in [5, 5.41) is 17.5. The third kappa shape index (κ3) is 7.00. The van der Waals surface area contributed by atoms with Crippen LogP contribution < -0.4 is 0 Å². The highest BCUT2D eigenvalue weighted by atomic mass is 16.3. The molecule has 0 radical (unpaired) electrons. The van der Waals surface area contributed by atoms with Gasteiger partial charge in [-0.3, -0.25) is 9.69 Å². The molecule has 0 aromatic heterocycles.